The van der Waals surface area contributed by atoms with Crippen LogP contribution in [-0.2, 0) is 0 Å². The second kappa shape index (κ2) is 6.49. The van der Waals surface area contributed by atoms with Crippen molar-refractivity contribution in [3.05, 3.63) is 0 Å². The maximum Gasteiger partial charge on any atom is 0.0220 e. The first kappa shape index (κ1) is 13.0. The minimum Gasteiger partial charge on any atom is -0.329 e. The second-order valence-corrected chi connectivity index (χ2v) is 5.59. The molecule has 2 nitrogen and oxygen atoms in total. The molecule has 0 radical (unpaired) electrons. The van der Waals surface area contributed by atoms with Gasteiger partial charge >= 0.3 is 0 Å². The van der Waals surface area contributed by atoms with Gasteiger partial charge in [0.1, 0.15) is 0 Å². The fourth-order valence-electron chi connectivity index (χ4n) is 2.54. The third-order valence-corrected chi connectivity index (χ3v) is 3.60. The van der Waals surface area contributed by atoms with Crippen LogP contribution in [0.3, 0.4) is 0 Å². The van der Waals surface area contributed by atoms with Crippen molar-refractivity contribution in [2.75, 3.05) is 19.6 Å². The van der Waals surface area contributed by atoms with Crippen LogP contribution in [0.5, 0.6) is 0 Å². The predicted octanol–water partition coefficient (Wildman–Crippen LogP) is 2.48. The largest absolute Gasteiger partial charge is 0.329 e. The molecule has 1 saturated heterocycles. The number of likely N-dealkylation sites (tertiary alicyclic amines) is 1. The molecule has 90 valence electrons. The van der Waals surface area contributed by atoms with Crippen LogP contribution in [-0.4, -0.2) is 30.6 Å². The highest BCUT2D eigenvalue weighted by Gasteiger charge is 2.24. The van der Waals surface area contributed by atoms with Crippen LogP contribution >= 0.6 is 0 Å². The Balaban J connectivity index is 2.26. The highest BCUT2D eigenvalue weighted by Crippen LogP contribution is 2.22. The van der Waals surface area contributed by atoms with Crippen molar-refractivity contribution in [1.82, 2.24) is 4.90 Å². The van der Waals surface area contributed by atoms with Gasteiger partial charge in [0.25, 0.3) is 0 Å². The van der Waals surface area contributed by atoms with Gasteiger partial charge in [0.05, 0.1) is 0 Å². The molecular weight excluding hydrogens is 184 g/mol. The van der Waals surface area contributed by atoms with Crippen molar-refractivity contribution in [3.8, 4) is 0 Å². The summed E-state index contributed by atoms with van der Waals surface area (Å²) in [6.07, 6.45) is 5.35. The van der Waals surface area contributed by atoms with Crippen LogP contribution in [0.25, 0.3) is 0 Å². The zero-order chi connectivity index (χ0) is 11.3. The third kappa shape index (κ3) is 4.52. The molecule has 1 aliphatic heterocycles. The van der Waals surface area contributed by atoms with Crippen molar-refractivity contribution >= 4 is 0 Å². The van der Waals surface area contributed by atoms with E-state index in [1.54, 1.807) is 0 Å². The molecule has 1 aliphatic rings. The first-order valence-corrected chi connectivity index (χ1v) is 6.57. The number of nitrogens with zero attached hydrogens (tertiary/aromatic N) is 1. The fourth-order valence-corrected chi connectivity index (χ4v) is 2.54. The molecule has 0 aliphatic carbocycles. The number of hydrogen-bond donors (Lipinski definition) is 1. The van der Waals surface area contributed by atoms with Crippen molar-refractivity contribution in [2.24, 2.45) is 17.6 Å². The van der Waals surface area contributed by atoms with Crippen LogP contribution in [0.15, 0.2) is 0 Å². The summed E-state index contributed by atoms with van der Waals surface area (Å²) >= 11 is 0. The quantitative estimate of drug-likeness (QED) is 0.758. The molecule has 2 N–H and O–H groups in total. The molecule has 0 bridgehead atoms. The summed E-state index contributed by atoms with van der Waals surface area (Å²) in [6, 6.07) is 0.654. The molecule has 0 aromatic carbocycles. The number of nitrogens with two attached hydrogens (primary N) is 1. The number of hydrogen-bond acceptors (Lipinski definition) is 2. The van der Waals surface area contributed by atoms with Gasteiger partial charge in [-0.1, -0.05) is 20.8 Å². The van der Waals surface area contributed by atoms with E-state index in [0.29, 0.717) is 6.04 Å². The van der Waals surface area contributed by atoms with E-state index in [1.165, 1.54) is 38.8 Å². The average molecular weight is 212 g/mol. The second-order valence-electron chi connectivity index (χ2n) is 5.59. The van der Waals surface area contributed by atoms with Crippen LogP contribution < -0.4 is 5.73 Å². The summed E-state index contributed by atoms with van der Waals surface area (Å²) in [4.78, 5) is 2.61. The summed E-state index contributed by atoms with van der Waals surface area (Å²) < 4.78 is 0. The standard InChI is InChI=1S/C13H28N2/c1-11(2)5-4-7-15-8-6-12(3)9-13(15)10-14/h11-13H,4-10,14H2,1-3H3. The molecule has 15 heavy (non-hydrogen) atoms. The van der Waals surface area contributed by atoms with E-state index in [2.05, 4.69) is 25.7 Å². The van der Waals surface area contributed by atoms with E-state index in [-0.39, 0.29) is 0 Å². The average Bonchev–Trinajstić information content (AvgIpc) is 2.19. The predicted molar refractivity (Wildman–Crippen MR) is 66.9 cm³/mol. The molecule has 2 heteroatoms. The minimum absolute atomic E-state index is 0.654. The van der Waals surface area contributed by atoms with E-state index in [4.69, 9.17) is 5.73 Å². The van der Waals surface area contributed by atoms with Gasteiger partial charge in [0, 0.05) is 12.6 Å². The van der Waals surface area contributed by atoms with E-state index in [0.717, 1.165) is 18.4 Å². The summed E-state index contributed by atoms with van der Waals surface area (Å²) in [5.41, 5.74) is 5.85. The van der Waals surface area contributed by atoms with Crippen LogP contribution in [0.2, 0.25) is 0 Å². The van der Waals surface area contributed by atoms with Crippen molar-refractivity contribution in [2.45, 2.75) is 52.5 Å². The van der Waals surface area contributed by atoms with Gasteiger partial charge in [-0.15, -0.1) is 0 Å². The normalized spacial score (nSPS) is 28.6. The summed E-state index contributed by atoms with van der Waals surface area (Å²) in [5, 5.41) is 0. The summed E-state index contributed by atoms with van der Waals surface area (Å²) in [5.74, 6) is 1.71. The Kier molecular flexibility index (Phi) is 5.62. The Bertz CT molecular complexity index is 168. The minimum atomic E-state index is 0.654. The number of piperidine rings is 1. The van der Waals surface area contributed by atoms with Gasteiger partial charge in [-0.2, -0.15) is 0 Å². The Hall–Kier alpha value is -0.0800. The van der Waals surface area contributed by atoms with E-state index in [1.807, 2.05) is 0 Å². The van der Waals surface area contributed by atoms with Gasteiger partial charge in [0.15, 0.2) is 0 Å². The molecule has 2 unspecified atom stereocenters. The molecule has 2 atom stereocenters. The van der Waals surface area contributed by atoms with E-state index < -0.39 is 0 Å². The highest BCUT2D eigenvalue weighted by molar-refractivity contribution is 4.80. The Morgan fingerprint density at radius 1 is 1.40 bits per heavy atom. The number of rotatable bonds is 5. The molecule has 0 saturated carbocycles. The Labute approximate surface area is 95.2 Å². The van der Waals surface area contributed by atoms with Crippen LogP contribution in [0, 0.1) is 11.8 Å². The molecule has 1 rings (SSSR count). The Morgan fingerprint density at radius 2 is 2.13 bits per heavy atom. The van der Waals surface area contributed by atoms with Gasteiger partial charge in [-0.3, -0.25) is 4.90 Å². The van der Waals surface area contributed by atoms with Crippen molar-refractivity contribution < 1.29 is 0 Å². The van der Waals surface area contributed by atoms with E-state index >= 15 is 0 Å². The lowest BCUT2D eigenvalue weighted by molar-refractivity contribution is 0.119. The van der Waals surface area contributed by atoms with Crippen molar-refractivity contribution in [3.63, 3.8) is 0 Å². The maximum atomic E-state index is 5.85. The molecular formula is C13H28N2. The Morgan fingerprint density at radius 3 is 2.73 bits per heavy atom. The molecule has 0 aromatic rings. The summed E-state index contributed by atoms with van der Waals surface area (Å²) in [6.45, 7) is 10.3. The monoisotopic (exact) mass is 212 g/mol. The molecule has 1 fully saturated rings. The van der Waals surface area contributed by atoms with E-state index in [9.17, 15) is 0 Å². The third-order valence-electron chi connectivity index (χ3n) is 3.60. The topological polar surface area (TPSA) is 29.3 Å². The highest BCUT2D eigenvalue weighted by atomic mass is 15.2. The molecule has 0 aromatic heterocycles. The lowest BCUT2D eigenvalue weighted by Gasteiger charge is -2.38. The molecule has 0 spiro atoms. The molecule has 1 heterocycles. The van der Waals surface area contributed by atoms with Crippen molar-refractivity contribution in [1.29, 1.82) is 0 Å². The molecule has 0 amide bonds. The van der Waals surface area contributed by atoms with Gasteiger partial charge < -0.3 is 5.73 Å². The van der Waals surface area contributed by atoms with Crippen LogP contribution in [0.1, 0.15) is 46.5 Å². The zero-order valence-corrected chi connectivity index (χ0v) is 10.7. The first-order chi connectivity index (χ1) is 7.13. The van der Waals surface area contributed by atoms with Gasteiger partial charge in [-0.05, 0) is 50.6 Å². The first-order valence-electron chi connectivity index (χ1n) is 6.57. The fraction of sp³-hybridized carbons (Fsp3) is 1.00. The SMILES string of the molecule is CC(C)CCCN1CCC(C)CC1CN. The lowest BCUT2D eigenvalue weighted by Crippen LogP contribution is -2.46. The zero-order valence-electron chi connectivity index (χ0n) is 10.7. The van der Waals surface area contributed by atoms with Gasteiger partial charge in [0.2, 0.25) is 0 Å². The van der Waals surface area contributed by atoms with Crippen LogP contribution in [0.4, 0.5) is 0 Å². The summed E-state index contributed by atoms with van der Waals surface area (Å²) in [7, 11) is 0. The van der Waals surface area contributed by atoms with Gasteiger partial charge in [-0.25, -0.2) is 0 Å². The maximum absolute atomic E-state index is 5.85. The smallest absolute Gasteiger partial charge is 0.0220 e. The lowest BCUT2D eigenvalue weighted by atomic mass is 9.92.